The fourth-order valence-electron chi connectivity index (χ4n) is 4.86. The molecule has 1 aliphatic rings. The van der Waals surface area contributed by atoms with E-state index in [1.807, 2.05) is 68.4 Å². The number of ether oxygens (including phenoxy) is 1. The minimum Gasteiger partial charge on any atom is -0.444 e. The number of rotatable bonds is 8. The molecular weight excluding hydrogens is 480 g/mol. The number of hydrogen-bond donors (Lipinski definition) is 1. The van der Waals surface area contributed by atoms with Crippen molar-refractivity contribution >= 4 is 23.6 Å². The third-order valence-electron chi connectivity index (χ3n) is 6.89. The number of para-hydroxylation sites is 1. The van der Waals surface area contributed by atoms with Crippen molar-refractivity contribution in [2.24, 2.45) is 0 Å². The highest BCUT2D eigenvalue weighted by Crippen LogP contribution is 2.41. The van der Waals surface area contributed by atoms with Crippen LogP contribution < -0.4 is 5.32 Å². The molecule has 8 nitrogen and oxygen atoms in total. The molecule has 0 radical (unpaired) electrons. The number of carbonyl (C=O) groups excluding carboxylic acids is 3. The number of nitrogens with one attached hydrogen (secondary N) is 1. The zero-order chi connectivity index (χ0) is 28.3. The van der Waals surface area contributed by atoms with Crippen molar-refractivity contribution < 1.29 is 19.1 Å². The summed E-state index contributed by atoms with van der Waals surface area (Å²) in [5, 5.41) is 13.0. The molecule has 0 bridgehead atoms. The maximum atomic E-state index is 14.1. The van der Waals surface area contributed by atoms with Gasteiger partial charge in [0, 0.05) is 25.2 Å². The van der Waals surface area contributed by atoms with Crippen molar-refractivity contribution in [3.63, 3.8) is 0 Å². The minimum atomic E-state index is -0.983. The Balaban J connectivity index is 1.95. The van der Waals surface area contributed by atoms with Crippen LogP contribution in [0.1, 0.15) is 59.1 Å². The highest BCUT2D eigenvalue weighted by Gasteiger charge is 2.46. The number of benzene rings is 2. The van der Waals surface area contributed by atoms with Gasteiger partial charge in [0.15, 0.2) is 0 Å². The monoisotopic (exact) mass is 518 g/mol. The van der Waals surface area contributed by atoms with Crippen molar-refractivity contribution in [3.05, 3.63) is 65.7 Å². The lowest BCUT2D eigenvalue weighted by molar-refractivity contribution is -0.138. The molecule has 1 N–H and O–H groups in total. The van der Waals surface area contributed by atoms with Gasteiger partial charge in [0.25, 0.3) is 0 Å². The van der Waals surface area contributed by atoms with E-state index in [2.05, 4.69) is 11.4 Å². The molecule has 2 aromatic carbocycles. The second kappa shape index (κ2) is 11.3. The Labute approximate surface area is 225 Å². The number of carbonyl (C=O) groups is 3. The molecule has 0 aromatic heterocycles. The summed E-state index contributed by atoms with van der Waals surface area (Å²) in [6.07, 6.45) is -0.235. The lowest BCUT2D eigenvalue weighted by Gasteiger charge is -2.38. The highest BCUT2D eigenvalue weighted by molar-refractivity contribution is 6.06. The van der Waals surface area contributed by atoms with Crippen LogP contribution >= 0.6 is 0 Å². The number of nitrogens with zero attached hydrogens (tertiary/aromatic N) is 3. The molecule has 0 fully saturated rings. The smallest absolute Gasteiger partial charge is 0.411 e. The van der Waals surface area contributed by atoms with E-state index in [1.165, 1.54) is 9.80 Å². The largest absolute Gasteiger partial charge is 0.444 e. The number of fused-ring (bicyclic) bond motifs is 1. The lowest BCUT2D eigenvalue weighted by atomic mass is 9.78. The van der Waals surface area contributed by atoms with Gasteiger partial charge in [-0.15, -0.1) is 0 Å². The number of nitriles is 1. The molecule has 0 spiro atoms. The Morgan fingerprint density at radius 3 is 2.26 bits per heavy atom. The molecular formula is C30H38N4O4. The second-order valence-corrected chi connectivity index (χ2v) is 11.3. The molecule has 1 aliphatic heterocycles. The highest BCUT2D eigenvalue weighted by atomic mass is 16.6. The standard InChI is InChI=1S/C30H38N4O4/c1-20(2)34(28(37)38-29(3,4)5)25(17-21-13-9-8-10-14-21)26(35)33(7)22(19-31)18-30(6)23-15-11-12-16-24(23)32-27(30)36/h8-16,20,22,25H,17-18H2,1-7H3,(H,32,36)/t22-,25-,30+/m0/s1. The van der Waals surface area contributed by atoms with Crippen LogP contribution in [0.3, 0.4) is 0 Å². The maximum absolute atomic E-state index is 14.1. The molecule has 202 valence electrons. The van der Waals surface area contributed by atoms with Gasteiger partial charge in [-0.2, -0.15) is 5.26 Å². The minimum absolute atomic E-state index is 0.112. The number of amides is 3. The maximum Gasteiger partial charge on any atom is 0.411 e. The van der Waals surface area contributed by atoms with Crippen molar-refractivity contribution in [2.75, 3.05) is 12.4 Å². The molecule has 8 heteroatoms. The van der Waals surface area contributed by atoms with Gasteiger partial charge >= 0.3 is 6.09 Å². The van der Waals surface area contributed by atoms with Crippen molar-refractivity contribution in [3.8, 4) is 6.07 Å². The molecule has 3 rings (SSSR count). The topological polar surface area (TPSA) is 103 Å². The van der Waals surface area contributed by atoms with E-state index in [1.54, 1.807) is 34.7 Å². The van der Waals surface area contributed by atoms with Crippen LogP contribution in [-0.4, -0.2) is 58.5 Å². The summed E-state index contributed by atoms with van der Waals surface area (Å²) in [7, 11) is 1.56. The number of anilines is 1. The number of hydrogen-bond acceptors (Lipinski definition) is 5. The van der Waals surface area contributed by atoms with Crippen LogP contribution in [0, 0.1) is 11.3 Å². The van der Waals surface area contributed by atoms with Crippen molar-refractivity contribution in [1.29, 1.82) is 5.26 Å². The molecule has 0 saturated heterocycles. The van der Waals surface area contributed by atoms with Gasteiger partial charge in [0.05, 0.1) is 11.5 Å². The van der Waals surface area contributed by atoms with E-state index in [-0.39, 0.29) is 24.8 Å². The van der Waals surface area contributed by atoms with Gasteiger partial charge in [-0.25, -0.2) is 4.79 Å². The molecule has 0 saturated carbocycles. The molecule has 0 unspecified atom stereocenters. The van der Waals surface area contributed by atoms with Crippen LogP contribution in [-0.2, 0) is 26.2 Å². The van der Waals surface area contributed by atoms with E-state index in [4.69, 9.17) is 4.74 Å². The van der Waals surface area contributed by atoms with Crippen LogP contribution in [0.25, 0.3) is 0 Å². The van der Waals surface area contributed by atoms with Gasteiger partial charge in [-0.3, -0.25) is 14.5 Å². The van der Waals surface area contributed by atoms with E-state index in [0.717, 1.165) is 11.1 Å². The van der Waals surface area contributed by atoms with Crippen molar-refractivity contribution in [1.82, 2.24) is 9.80 Å². The van der Waals surface area contributed by atoms with Crippen molar-refractivity contribution in [2.45, 2.75) is 83.5 Å². The van der Waals surface area contributed by atoms with Gasteiger partial charge in [0.2, 0.25) is 11.8 Å². The third-order valence-corrected chi connectivity index (χ3v) is 6.89. The van der Waals surface area contributed by atoms with E-state index in [0.29, 0.717) is 5.69 Å². The normalized spacial score (nSPS) is 18.1. The Kier molecular flexibility index (Phi) is 8.51. The molecule has 38 heavy (non-hydrogen) atoms. The van der Waals surface area contributed by atoms with E-state index >= 15 is 0 Å². The first-order chi connectivity index (χ1) is 17.8. The molecule has 3 amide bonds. The predicted octanol–water partition coefficient (Wildman–Crippen LogP) is 4.89. The first-order valence-electron chi connectivity index (χ1n) is 12.9. The first-order valence-corrected chi connectivity index (χ1v) is 12.9. The van der Waals surface area contributed by atoms with Gasteiger partial charge in [0.1, 0.15) is 17.7 Å². The third kappa shape index (κ3) is 6.16. The quantitative estimate of drug-likeness (QED) is 0.536. The number of likely N-dealkylation sites (N-methyl/N-ethyl adjacent to an activating group) is 1. The summed E-state index contributed by atoms with van der Waals surface area (Å²) < 4.78 is 5.67. The Bertz CT molecular complexity index is 1210. The Morgan fingerprint density at radius 1 is 1.08 bits per heavy atom. The van der Waals surface area contributed by atoms with Gasteiger partial charge in [-0.1, -0.05) is 48.5 Å². The molecule has 1 heterocycles. The van der Waals surface area contributed by atoms with Crippen LogP contribution in [0.5, 0.6) is 0 Å². The summed E-state index contributed by atoms with van der Waals surface area (Å²) in [4.78, 5) is 43.2. The average Bonchev–Trinajstić information content (AvgIpc) is 3.10. The first kappa shape index (κ1) is 28.7. The zero-order valence-corrected chi connectivity index (χ0v) is 23.3. The molecule has 0 aliphatic carbocycles. The summed E-state index contributed by atoms with van der Waals surface area (Å²) in [6, 6.07) is 16.9. The summed E-state index contributed by atoms with van der Waals surface area (Å²) in [5.41, 5.74) is 0.651. The van der Waals surface area contributed by atoms with Crippen LogP contribution in [0.2, 0.25) is 0 Å². The van der Waals surface area contributed by atoms with E-state index in [9.17, 15) is 19.6 Å². The lowest BCUT2D eigenvalue weighted by Crippen LogP contribution is -2.56. The fourth-order valence-corrected chi connectivity index (χ4v) is 4.86. The summed E-state index contributed by atoms with van der Waals surface area (Å²) in [6.45, 7) is 10.8. The van der Waals surface area contributed by atoms with E-state index < -0.39 is 35.1 Å². The zero-order valence-electron chi connectivity index (χ0n) is 23.3. The summed E-state index contributed by atoms with van der Waals surface area (Å²) in [5.74, 6) is -0.603. The van der Waals surface area contributed by atoms with Crippen LogP contribution in [0.4, 0.5) is 10.5 Å². The van der Waals surface area contributed by atoms with Gasteiger partial charge < -0.3 is 15.0 Å². The fraction of sp³-hybridized carbons (Fsp3) is 0.467. The average molecular weight is 519 g/mol. The molecule has 2 aromatic rings. The summed E-state index contributed by atoms with van der Waals surface area (Å²) >= 11 is 0. The Hall–Kier alpha value is -3.86. The second-order valence-electron chi connectivity index (χ2n) is 11.3. The Morgan fingerprint density at radius 2 is 1.68 bits per heavy atom. The van der Waals surface area contributed by atoms with Gasteiger partial charge in [-0.05, 0) is 65.2 Å². The molecule has 3 atom stereocenters. The van der Waals surface area contributed by atoms with Crippen LogP contribution in [0.15, 0.2) is 54.6 Å². The SMILES string of the molecule is CC(C)N(C(=O)OC(C)(C)C)[C@@H](Cc1ccccc1)C(=O)N(C)[C@H](C#N)C[C@@]1(C)C(=O)Nc2ccccc21. The predicted molar refractivity (Wildman–Crippen MR) is 146 cm³/mol.